The molecule has 0 saturated heterocycles. The highest BCUT2D eigenvalue weighted by Gasteiger charge is 2.30. The maximum Gasteiger partial charge on any atom is 0.238 e. The normalized spacial score (nSPS) is 22.2. The van der Waals surface area contributed by atoms with Gasteiger partial charge in [0.2, 0.25) is 5.78 Å². The predicted molar refractivity (Wildman–Crippen MR) is 69.9 cm³/mol. The Morgan fingerprint density at radius 1 is 1.33 bits per heavy atom. The Labute approximate surface area is 110 Å². The summed E-state index contributed by atoms with van der Waals surface area (Å²) in [7, 11) is 0. The monoisotopic (exact) mass is 262 g/mol. The molecule has 4 heteroatoms. The van der Waals surface area contributed by atoms with Gasteiger partial charge < -0.3 is 9.47 Å². The molecule has 1 aromatic carbocycles. The number of carbonyl (C=O) groups is 1. The molecule has 0 bridgehead atoms. The fourth-order valence-electron chi connectivity index (χ4n) is 2.04. The minimum Gasteiger partial charge on any atom is -0.490 e. The van der Waals surface area contributed by atoms with E-state index < -0.39 is 6.10 Å². The van der Waals surface area contributed by atoms with E-state index in [0.29, 0.717) is 18.1 Å². The number of rotatable bonds is 2. The Morgan fingerprint density at radius 2 is 2.22 bits per heavy atom. The second kappa shape index (κ2) is 5.06. The van der Waals surface area contributed by atoms with E-state index in [1.807, 2.05) is 30.3 Å². The fraction of sp³-hybridized carbons (Fsp3) is 0.357. The molecule has 1 atom stereocenters. The minimum absolute atomic E-state index is 0.0308. The number of benzene rings is 1. The second-order valence-corrected chi connectivity index (χ2v) is 5.35. The summed E-state index contributed by atoms with van der Waals surface area (Å²) in [5.41, 5.74) is 0. The van der Waals surface area contributed by atoms with Crippen molar-refractivity contribution >= 4 is 17.5 Å². The van der Waals surface area contributed by atoms with Gasteiger partial charge in [0.25, 0.3) is 0 Å². The molecule has 1 unspecified atom stereocenters. The maximum atomic E-state index is 12.2. The highest BCUT2D eigenvalue weighted by molar-refractivity contribution is 7.99. The van der Waals surface area contributed by atoms with E-state index in [2.05, 4.69) is 0 Å². The number of ketones is 1. The van der Waals surface area contributed by atoms with Gasteiger partial charge in [-0.3, -0.25) is 4.79 Å². The van der Waals surface area contributed by atoms with Crippen LogP contribution in [0.15, 0.2) is 41.0 Å². The average molecular weight is 262 g/mol. The van der Waals surface area contributed by atoms with Gasteiger partial charge in [-0.25, -0.2) is 0 Å². The van der Waals surface area contributed by atoms with Crippen molar-refractivity contribution in [3.8, 4) is 5.75 Å². The predicted octanol–water partition coefficient (Wildman–Crippen LogP) is 2.80. The van der Waals surface area contributed by atoms with E-state index in [1.165, 1.54) is 0 Å². The zero-order valence-corrected chi connectivity index (χ0v) is 10.7. The smallest absolute Gasteiger partial charge is 0.238 e. The Kier molecular flexibility index (Phi) is 3.28. The number of allylic oxidation sites excluding steroid dienone is 1. The minimum atomic E-state index is -0.422. The van der Waals surface area contributed by atoms with E-state index in [-0.39, 0.29) is 5.78 Å². The van der Waals surface area contributed by atoms with Crippen LogP contribution in [0.25, 0.3) is 0 Å². The van der Waals surface area contributed by atoms with Crippen LogP contribution in [0.4, 0.5) is 0 Å². The maximum absolute atomic E-state index is 12.2. The molecule has 0 N–H and O–H groups in total. The molecule has 0 aliphatic carbocycles. The van der Waals surface area contributed by atoms with Gasteiger partial charge in [0, 0.05) is 10.6 Å². The lowest BCUT2D eigenvalue weighted by atomic mass is 10.1. The zero-order chi connectivity index (χ0) is 12.4. The average Bonchev–Trinajstić information content (AvgIpc) is 2.47. The summed E-state index contributed by atoms with van der Waals surface area (Å²) in [6, 6.07) is 7.81. The lowest BCUT2D eigenvalue weighted by molar-refractivity contribution is -0.125. The summed E-state index contributed by atoms with van der Waals surface area (Å²) in [6.45, 7) is 0.633. The third kappa shape index (κ3) is 2.25. The molecular formula is C14H14O3S. The number of carbonyl (C=O) groups excluding carboxylic acids is 1. The fourth-order valence-corrected chi connectivity index (χ4v) is 3.02. The number of hydrogen-bond acceptors (Lipinski definition) is 4. The van der Waals surface area contributed by atoms with Crippen molar-refractivity contribution < 1.29 is 14.3 Å². The lowest BCUT2D eigenvalue weighted by Crippen LogP contribution is -2.34. The first-order valence-electron chi connectivity index (χ1n) is 6.10. The van der Waals surface area contributed by atoms with Gasteiger partial charge in [-0.2, -0.15) is 0 Å². The first kappa shape index (κ1) is 11.7. The van der Waals surface area contributed by atoms with Crippen molar-refractivity contribution in [3.63, 3.8) is 0 Å². The number of para-hydroxylation sites is 1. The summed E-state index contributed by atoms with van der Waals surface area (Å²) in [5.74, 6) is 1.89. The highest BCUT2D eigenvalue weighted by atomic mass is 32.2. The van der Waals surface area contributed by atoms with Crippen LogP contribution in [0.1, 0.15) is 12.8 Å². The molecule has 0 aromatic heterocycles. The molecular weight excluding hydrogens is 248 g/mol. The quantitative estimate of drug-likeness (QED) is 0.821. The van der Waals surface area contributed by atoms with Crippen molar-refractivity contribution in [3.05, 3.63) is 36.1 Å². The zero-order valence-electron chi connectivity index (χ0n) is 9.93. The van der Waals surface area contributed by atoms with Crippen molar-refractivity contribution in [2.75, 3.05) is 12.4 Å². The van der Waals surface area contributed by atoms with E-state index in [0.717, 1.165) is 23.5 Å². The Morgan fingerprint density at radius 3 is 3.06 bits per heavy atom. The van der Waals surface area contributed by atoms with Crippen LogP contribution in [0.3, 0.4) is 0 Å². The molecule has 94 valence electrons. The topological polar surface area (TPSA) is 35.5 Å². The molecule has 0 saturated carbocycles. The second-order valence-electron chi connectivity index (χ2n) is 4.29. The third-order valence-corrected chi connectivity index (χ3v) is 4.10. The number of ether oxygens (including phenoxy) is 2. The summed E-state index contributed by atoms with van der Waals surface area (Å²) < 4.78 is 11.2. The van der Waals surface area contributed by atoms with Crippen molar-refractivity contribution in [2.45, 2.75) is 23.8 Å². The molecule has 2 aliphatic heterocycles. The SMILES string of the molecule is O=C(C1=CCCCO1)C1CSc2ccccc2O1. The highest BCUT2D eigenvalue weighted by Crippen LogP contribution is 2.35. The first-order chi connectivity index (χ1) is 8.84. The van der Waals surface area contributed by atoms with Gasteiger partial charge in [-0.1, -0.05) is 12.1 Å². The Balaban J connectivity index is 1.75. The molecule has 2 heterocycles. The van der Waals surface area contributed by atoms with Crippen LogP contribution in [0, 0.1) is 0 Å². The number of thioether (sulfide) groups is 1. The standard InChI is InChI=1S/C14H14O3S/c15-14(11-6-3-4-8-16-11)12-9-18-13-7-2-1-5-10(13)17-12/h1-2,5-7,12H,3-4,8-9H2. The van der Waals surface area contributed by atoms with Gasteiger partial charge in [0.15, 0.2) is 11.9 Å². The van der Waals surface area contributed by atoms with Crippen molar-refractivity contribution in [2.24, 2.45) is 0 Å². The molecule has 2 aliphatic rings. The largest absolute Gasteiger partial charge is 0.490 e. The van der Waals surface area contributed by atoms with Crippen molar-refractivity contribution in [1.29, 1.82) is 0 Å². The molecule has 0 fully saturated rings. The van der Waals surface area contributed by atoms with Gasteiger partial charge in [0.1, 0.15) is 5.75 Å². The summed E-state index contributed by atoms with van der Waals surface area (Å²) in [6.07, 6.45) is 3.35. The van der Waals surface area contributed by atoms with Gasteiger partial charge in [0.05, 0.1) is 6.61 Å². The Hall–Kier alpha value is -1.42. The molecule has 3 nitrogen and oxygen atoms in total. The molecule has 18 heavy (non-hydrogen) atoms. The summed E-state index contributed by atoms with van der Waals surface area (Å²) in [5, 5.41) is 0. The van der Waals surface area contributed by atoms with E-state index in [1.54, 1.807) is 11.8 Å². The van der Waals surface area contributed by atoms with E-state index in [4.69, 9.17) is 9.47 Å². The van der Waals surface area contributed by atoms with Crippen LogP contribution in [0.5, 0.6) is 5.75 Å². The van der Waals surface area contributed by atoms with E-state index >= 15 is 0 Å². The molecule has 0 amide bonds. The first-order valence-corrected chi connectivity index (χ1v) is 7.09. The molecule has 1 aromatic rings. The number of Topliss-reactive ketones (excluding diaryl/α,β-unsaturated/α-hetero) is 1. The van der Waals surface area contributed by atoms with Gasteiger partial charge >= 0.3 is 0 Å². The molecule has 0 spiro atoms. The molecule has 0 radical (unpaired) electrons. The van der Waals surface area contributed by atoms with Gasteiger partial charge in [-0.05, 0) is 31.1 Å². The van der Waals surface area contributed by atoms with Crippen LogP contribution >= 0.6 is 11.8 Å². The van der Waals surface area contributed by atoms with E-state index in [9.17, 15) is 4.79 Å². The van der Waals surface area contributed by atoms with Crippen LogP contribution in [-0.4, -0.2) is 24.2 Å². The summed E-state index contributed by atoms with van der Waals surface area (Å²) in [4.78, 5) is 13.3. The lowest BCUT2D eigenvalue weighted by Gasteiger charge is -2.25. The van der Waals surface area contributed by atoms with Crippen LogP contribution < -0.4 is 4.74 Å². The van der Waals surface area contributed by atoms with Gasteiger partial charge in [-0.15, -0.1) is 11.8 Å². The van der Waals surface area contributed by atoms with Crippen LogP contribution in [-0.2, 0) is 9.53 Å². The van der Waals surface area contributed by atoms with Crippen molar-refractivity contribution in [1.82, 2.24) is 0 Å². The number of hydrogen-bond donors (Lipinski definition) is 0. The summed E-state index contributed by atoms with van der Waals surface area (Å²) >= 11 is 1.66. The number of fused-ring (bicyclic) bond motifs is 1. The Bertz CT molecular complexity index is 496. The third-order valence-electron chi connectivity index (χ3n) is 2.98. The molecule has 3 rings (SSSR count). The van der Waals surface area contributed by atoms with Crippen LogP contribution in [0.2, 0.25) is 0 Å².